The minimum atomic E-state index is -0.314. The number of pyridine rings is 1. The third kappa shape index (κ3) is 2.48. The van der Waals surface area contributed by atoms with Gasteiger partial charge in [-0.05, 0) is 40.2 Å². The number of benzene rings is 1. The number of amides is 1. The van der Waals surface area contributed by atoms with Crippen LogP contribution in [0, 0.1) is 0 Å². The minimum absolute atomic E-state index is 0.269. The normalized spacial score (nSPS) is 10.6. The fourth-order valence-corrected chi connectivity index (χ4v) is 1.92. The second kappa shape index (κ2) is 4.81. The van der Waals surface area contributed by atoms with E-state index in [4.69, 9.17) is 0 Å². The highest BCUT2D eigenvalue weighted by atomic mass is 79.9. The fraction of sp³-hybridized carbons (Fsp3) is 0. The van der Waals surface area contributed by atoms with Gasteiger partial charge in [-0.25, -0.2) is 9.97 Å². The van der Waals surface area contributed by atoms with Crippen LogP contribution in [0.15, 0.2) is 47.1 Å². The number of carbonyl (C=O) groups excluding carboxylic acids is 1. The van der Waals surface area contributed by atoms with Gasteiger partial charge < -0.3 is 10.3 Å². The van der Waals surface area contributed by atoms with Gasteiger partial charge in [0.2, 0.25) is 0 Å². The number of anilines is 1. The van der Waals surface area contributed by atoms with Crippen LogP contribution in [0.2, 0.25) is 0 Å². The van der Waals surface area contributed by atoms with Crippen molar-refractivity contribution in [2.24, 2.45) is 0 Å². The molecule has 0 aliphatic rings. The molecule has 3 rings (SSSR count). The van der Waals surface area contributed by atoms with Crippen LogP contribution in [0.1, 0.15) is 10.6 Å². The highest BCUT2D eigenvalue weighted by Crippen LogP contribution is 2.13. The van der Waals surface area contributed by atoms with Crippen molar-refractivity contribution < 1.29 is 4.79 Å². The molecule has 2 aromatic heterocycles. The highest BCUT2D eigenvalue weighted by Gasteiger charge is 2.11. The molecule has 0 fully saturated rings. The number of hydrogen-bond acceptors (Lipinski definition) is 3. The number of carbonyl (C=O) groups is 1. The summed E-state index contributed by atoms with van der Waals surface area (Å²) in [7, 11) is 0. The van der Waals surface area contributed by atoms with Crippen molar-refractivity contribution in [1.29, 1.82) is 0 Å². The van der Waals surface area contributed by atoms with E-state index in [1.807, 2.05) is 24.3 Å². The standard InChI is InChI=1S/C13H9BrN4O/c14-8-5-6-11(15-7-8)18-13(19)12-16-9-3-1-2-4-10(9)17-12/h1-7H,(H,16,17)(H,15,18,19). The van der Waals surface area contributed by atoms with Gasteiger partial charge in [0.25, 0.3) is 5.91 Å². The van der Waals surface area contributed by atoms with Crippen LogP contribution >= 0.6 is 15.9 Å². The summed E-state index contributed by atoms with van der Waals surface area (Å²) < 4.78 is 0.856. The molecule has 1 aromatic carbocycles. The quantitative estimate of drug-likeness (QED) is 0.763. The Morgan fingerprint density at radius 1 is 1.21 bits per heavy atom. The smallest absolute Gasteiger partial charge is 0.292 e. The highest BCUT2D eigenvalue weighted by molar-refractivity contribution is 9.10. The van der Waals surface area contributed by atoms with Crippen LogP contribution < -0.4 is 5.32 Å². The lowest BCUT2D eigenvalue weighted by Gasteiger charge is -2.01. The van der Waals surface area contributed by atoms with Gasteiger partial charge in [0.15, 0.2) is 5.82 Å². The summed E-state index contributed by atoms with van der Waals surface area (Å²) in [4.78, 5) is 23.3. The molecule has 2 N–H and O–H groups in total. The SMILES string of the molecule is O=C(Nc1ccc(Br)cn1)c1nc2ccccc2[nH]1. The summed E-state index contributed by atoms with van der Waals surface area (Å²) in [5.41, 5.74) is 1.59. The maximum Gasteiger partial charge on any atom is 0.292 e. The predicted octanol–water partition coefficient (Wildman–Crippen LogP) is 2.97. The van der Waals surface area contributed by atoms with Gasteiger partial charge in [0, 0.05) is 10.7 Å². The molecule has 0 atom stereocenters. The van der Waals surface area contributed by atoms with E-state index in [0.717, 1.165) is 15.5 Å². The first kappa shape index (κ1) is 11.9. The van der Waals surface area contributed by atoms with Crippen molar-refractivity contribution in [3.05, 3.63) is 52.9 Å². The van der Waals surface area contributed by atoms with Crippen molar-refractivity contribution in [3.63, 3.8) is 0 Å². The number of halogens is 1. The van der Waals surface area contributed by atoms with Crippen LogP contribution in [0.5, 0.6) is 0 Å². The van der Waals surface area contributed by atoms with E-state index in [0.29, 0.717) is 5.82 Å². The molecule has 19 heavy (non-hydrogen) atoms. The van der Waals surface area contributed by atoms with Gasteiger partial charge in [0.1, 0.15) is 5.82 Å². The van der Waals surface area contributed by atoms with Crippen LogP contribution in [-0.2, 0) is 0 Å². The van der Waals surface area contributed by atoms with E-state index in [1.165, 1.54) is 0 Å². The molecule has 0 aliphatic heterocycles. The Labute approximate surface area is 117 Å². The van der Waals surface area contributed by atoms with Gasteiger partial charge in [-0.1, -0.05) is 12.1 Å². The molecule has 94 valence electrons. The molecule has 5 nitrogen and oxygen atoms in total. The summed E-state index contributed by atoms with van der Waals surface area (Å²) in [5.74, 6) is 0.436. The molecule has 0 spiro atoms. The maximum atomic E-state index is 12.0. The molecule has 2 heterocycles. The first-order valence-corrected chi connectivity index (χ1v) is 6.39. The number of hydrogen-bond donors (Lipinski definition) is 2. The molecule has 0 aliphatic carbocycles. The van der Waals surface area contributed by atoms with Crippen LogP contribution in [0.3, 0.4) is 0 Å². The molecule has 1 amide bonds. The second-order valence-corrected chi connectivity index (χ2v) is 4.83. The fourth-order valence-electron chi connectivity index (χ4n) is 1.69. The Bertz CT molecular complexity index is 703. The van der Waals surface area contributed by atoms with E-state index in [2.05, 4.69) is 36.2 Å². The number of H-pyrrole nitrogens is 1. The number of aromatic nitrogens is 3. The molecular weight excluding hydrogens is 308 g/mol. The summed E-state index contributed by atoms with van der Waals surface area (Å²) in [6, 6.07) is 11.0. The number of nitrogens with one attached hydrogen (secondary N) is 2. The van der Waals surface area contributed by atoms with Gasteiger partial charge in [0.05, 0.1) is 11.0 Å². The maximum absolute atomic E-state index is 12.0. The number of imidazole rings is 1. The van der Waals surface area contributed by atoms with Gasteiger partial charge in [-0.15, -0.1) is 0 Å². The molecular formula is C13H9BrN4O. The lowest BCUT2D eigenvalue weighted by molar-refractivity contribution is 0.101. The van der Waals surface area contributed by atoms with E-state index in [-0.39, 0.29) is 11.7 Å². The summed E-state index contributed by atoms with van der Waals surface area (Å²) >= 11 is 3.29. The largest absolute Gasteiger partial charge is 0.334 e. The third-order valence-electron chi connectivity index (χ3n) is 2.57. The molecule has 0 saturated carbocycles. The molecule has 0 saturated heterocycles. The first-order valence-electron chi connectivity index (χ1n) is 5.60. The van der Waals surface area contributed by atoms with Crippen LogP contribution in [0.4, 0.5) is 5.82 Å². The van der Waals surface area contributed by atoms with Crippen molar-refractivity contribution in [2.75, 3.05) is 5.32 Å². The summed E-state index contributed by atoms with van der Waals surface area (Å²) in [6.07, 6.45) is 1.62. The average molecular weight is 317 g/mol. The molecule has 0 unspecified atom stereocenters. The average Bonchev–Trinajstić information content (AvgIpc) is 2.85. The van der Waals surface area contributed by atoms with Crippen molar-refractivity contribution in [2.45, 2.75) is 0 Å². The third-order valence-corrected chi connectivity index (χ3v) is 3.04. The van der Waals surface area contributed by atoms with Crippen molar-refractivity contribution >= 4 is 38.7 Å². The van der Waals surface area contributed by atoms with Gasteiger partial charge in [-0.3, -0.25) is 4.79 Å². The monoisotopic (exact) mass is 316 g/mol. The van der Waals surface area contributed by atoms with Crippen LogP contribution in [-0.4, -0.2) is 20.9 Å². The molecule has 6 heteroatoms. The summed E-state index contributed by atoms with van der Waals surface area (Å²) in [5, 5.41) is 2.68. The van der Waals surface area contributed by atoms with Crippen molar-refractivity contribution in [1.82, 2.24) is 15.0 Å². The van der Waals surface area contributed by atoms with Crippen molar-refractivity contribution in [3.8, 4) is 0 Å². The van der Waals surface area contributed by atoms with Gasteiger partial charge in [-0.2, -0.15) is 0 Å². The zero-order valence-corrected chi connectivity index (χ0v) is 11.3. The lowest BCUT2D eigenvalue weighted by atomic mass is 10.3. The minimum Gasteiger partial charge on any atom is -0.334 e. The number of nitrogens with zero attached hydrogens (tertiary/aromatic N) is 2. The first-order chi connectivity index (χ1) is 9.22. The number of fused-ring (bicyclic) bond motifs is 1. The zero-order valence-electron chi connectivity index (χ0n) is 9.72. The Balaban J connectivity index is 1.85. The Hall–Kier alpha value is -2.21. The second-order valence-electron chi connectivity index (χ2n) is 3.92. The Kier molecular flexibility index (Phi) is 3.00. The van der Waals surface area contributed by atoms with E-state index in [1.54, 1.807) is 18.3 Å². The van der Waals surface area contributed by atoms with E-state index in [9.17, 15) is 4.79 Å². The zero-order chi connectivity index (χ0) is 13.2. The lowest BCUT2D eigenvalue weighted by Crippen LogP contribution is -2.14. The van der Waals surface area contributed by atoms with E-state index < -0.39 is 0 Å². The summed E-state index contributed by atoms with van der Waals surface area (Å²) in [6.45, 7) is 0. The Morgan fingerprint density at radius 3 is 2.79 bits per heavy atom. The number of aromatic amines is 1. The number of para-hydroxylation sites is 2. The predicted molar refractivity (Wildman–Crippen MR) is 76.0 cm³/mol. The molecule has 0 radical (unpaired) electrons. The van der Waals surface area contributed by atoms with Crippen LogP contribution in [0.25, 0.3) is 11.0 Å². The topological polar surface area (TPSA) is 70.7 Å². The Morgan fingerprint density at radius 2 is 2.05 bits per heavy atom. The molecule has 0 bridgehead atoms. The van der Waals surface area contributed by atoms with E-state index >= 15 is 0 Å². The number of rotatable bonds is 2. The van der Waals surface area contributed by atoms with Gasteiger partial charge >= 0.3 is 0 Å². The molecule has 3 aromatic rings.